The fraction of sp³-hybridized carbons (Fsp3) is 0.542. The first-order valence-electron chi connectivity index (χ1n) is 12.3. The van der Waals surface area contributed by atoms with Gasteiger partial charge in [0.1, 0.15) is 0 Å². The number of amides is 6. The van der Waals surface area contributed by atoms with Crippen LogP contribution in [0.15, 0.2) is 6.07 Å². The van der Waals surface area contributed by atoms with E-state index in [-0.39, 0.29) is 30.9 Å². The van der Waals surface area contributed by atoms with Crippen LogP contribution in [0.2, 0.25) is 0 Å². The summed E-state index contributed by atoms with van der Waals surface area (Å²) < 4.78 is 36.9. The Bertz CT molecular complexity index is 1230. The minimum absolute atomic E-state index is 0.0301. The van der Waals surface area contributed by atoms with E-state index in [1.165, 1.54) is 9.80 Å². The summed E-state index contributed by atoms with van der Waals surface area (Å²) in [6.07, 6.45) is -2.09. The molecule has 204 valence electrons. The van der Waals surface area contributed by atoms with Crippen molar-refractivity contribution >= 4 is 35.5 Å². The van der Waals surface area contributed by atoms with Gasteiger partial charge in [0.05, 0.1) is 29.5 Å². The van der Waals surface area contributed by atoms with E-state index in [4.69, 9.17) is 9.84 Å². The lowest BCUT2D eigenvalue weighted by Gasteiger charge is -2.55. The van der Waals surface area contributed by atoms with Crippen molar-refractivity contribution in [1.29, 1.82) is 0 Å². The zero-order valence-corrected chi connectivity index (χ0v) is 20.7. The number of likely N-dealkylation sites (tertiary alicyclic amines) is 1. The van der Waals surface area contributed by atoms with Gasteiger partial charge in [-0.2, -0.15) is 0 Å². The summed E-state index contributed by atoms with van der Waals surface area (Å²) in [5.41, 5.74) is -2.60. The van der Waals surface area contributed by atoms with Gasteiger partial charge in [-0.15, -0.1) is 0 Å². The Balaban J connectivity index is 1.53. The Morgan fingerprint density at radius 2 is 1.74 bits per heavy atom. The van der Waals surface area contributed by atoms with Gasteiger partial charge in [-0.3, -0.25) is 25.0 Å². The molecule has 6 amide bonds. The van der Waals surface area contributed by atoms with E-state index < -0.39 is 83.2 Å². The van der Waals surface area contributed by atoms with Crippen LogP contribution in [0.5, 0.6) is 0 Å². The number of carbonyl (C=O) groups is 5. The Hall–Kier alpha value is -3.81. The molecule has 12 nitrogen and oxygen atoms in total. The molecular weight excluding hydrogens is 508 g/mol. The number of piperidine rings is 1. The van der Waals surface area contributed by atoms with E-state index in [1.807, 2.05) is 0 Å². The van der Waals surface area contributed by atoms with E-state index in [1.54, 1.807) is 13.8 Å². The zero-order valence-electron chi connectivity index (χ0n) is 20.7. The van der Waals surface area contributed by atoms with Gasteiger partial charge in [-0.05, 0) is 38.3 Å². The molecular formula is C24H27F2N5O7. The van der Waals surface area contributed by atoms with Crippen LogP contribution in [-0.2, 0) is 20.7 Å². The molecule has 0 aromatic heterocycles. The summed E-state index contributed by atoms with van der Waals surface area (Å²) in [5, 5.41) is 15.9. The average molecular weight is 536 g/mol. The number of nitrogens with one attached hydrogen (secondary N) is 3. The maximum atomic E-state index is 15.7. The van der Waals surface area contributed by atoms with Crippen LogP contribution in [-0.4, -0.2) is 83.8 Å². The van der Waals surface area contributed by atoms with Crippen LogP contribution in [0.25, 0.3) is 0 Å². The summed E-state index contributed by atoms with van der Waals surface area (Å²) >= 11 is 0. The van der Waals surface area contributed by atoms with E-state index in [0.29, 0.717) is 12.8 Å². The molecule has 0 bridgehead atoms. The van der Waals surface area contributed by atoms with E-state index >= 15 is 8.78 Å². The predicted octanol–water partition coefficient (Wildman–Crippen LogP) is 0.728. The lowest BCUT2D eigenvalue weighted by Crippen LogP contribution is -2.75. The fourth-order valence-corrected chi connectivity index (χ4v) is 6.18. The van der Waals surface area contributed by atoms with Crippen LogP contribution in [0.1, 0.15) is 42.6 Å². The Morgan fingerprint density at radius 1 is 1.11 bits per heavy atom. The number of ether oxygens (including phenoxy) is 1. The highest BCUT2D eigenvalue weighted by molar-refractivity contribution is 6.20. The van der Waals surface area contributed by atoms with Crippen LogP contribution in [0, 0.1) is 17.0 Å². The molecule has 4 heterocycles. The monoisotopic (exact) mass is 535 g/mol. The SMILES string of the molecule is C[C@@H]1CN2c3c(cc(C(=O)NC4CCN(C(=O)O)CC4)c(F)c3F)CC3(C(=O)NC(=O)NC3=O)[C@H]2[C@H](C)O1. The minimum atomic E-state index is -1.90. The van der Waals surface area contributed by atoms with Gasteiger partial charge in [0.2, 0.25) is 11.8 Å². The first-order valence-corrected chi connectivity index (χ1v) is 12.3. The van der Waals surface area contributed by atoms with Crippen molar-refractivity contribution in [1.82, 2.24) is 20.9 Å². The highest BCUT2D eigenvalue weighted by Gasteiger charge is 2.63. The van der Waals surface area contributed by atoms with E-state index in [2.05, 4.69) is 16.0 Å². The Morgan fingerprint density at radius 3 is 2.34 bits per heavy atom. The number of fused-ring (bicyclic) bond motifs is 4. The molecule has 0 unspecified atom stereocenters. The molecule has 1 spiro atoms. The largest absolute Gasteiger partial charge is 0.465 e. The number of hydrogen-bond acceptors (Lipinski definition) is 7. The molecule has 3 saturated heterocycles. The molecule has 0 aliphatic carbocycles. The standard InChI is InChI=1S/C24H27F2N5O7/c1-10-9-31-17-12(8-24(18(31)11(2)38-10)20(33)28-22(35)29-21(24)34)7-14(15(25)16(17)26)19(32)27-13-3-5-30(6-4-13)23(36)37/h7,10-11,13,18H,3-6,8-9H2,1-2H3,(H,27,32)(H,36,37)(H2,28,29,33,34,35)/t10-,11+,18-/m1/s1. The van der Waals surface area contributed by atoms with E-state index in [9.17, 15) is 24.0 Å². The van der Waals surface area contributed by atoms with E-state index in [0.717, 1.165) is 6.07 Å². The lowest BCUT2D eigenvalue weighted by molar-refractivity contribution is -0.153. The van der Waals surface area contributed by atoms with Crippen molar-refractivity contribution < 1.29 is 42.6 Å². The van der Waals surface area contributed by atoms with Gasteiger partial charge in [0, 0.05) is 32.1 Å². The summed E-state index contributed by atoms with van der Waals surface area (Å²) in [4.78, 5) is 65.1. The highest BCUT2D eigenvalue weighted by atomic mass is 19.2. The third kappa shape index (κ3) is 3.94. The van der Waals surface area contributed by atoms with Crippen molar-refractivity contribution in [2.75, 3.05) is 24.5 Å². The number of imide groups is 2. The summed E-state index contributed by atoms with van der Waals surface area (Å²) in [7, 11) is 0. The van der Waals surface area contributed by atoms with Gasteiger partial charge >= 0.3 is 12.1 Å². The maximum absolute atomic E-state index is 15.7. The molecule has 3 fully saturated rings. The number of benzene rings is 1. The number of carbonyl (C=O) groups excluding carboxylic acids is 4. The molecule has 0 radical (unpaired) electrons. The second-order valence-corrected chi connectivity index (χ2v) is 10.2. The number of hydrogen-bond donors (Lipinski definition) is 4. The van der Waals surface area contributed by atoms with Crippen molar-refractivity contribution in [2.24, 2.45) is 5.41 Å². The molecule has 14 heteroatoms. The van der Waals surface area contributed by atoms with Crippen molar-refractivity contribution in [3.05, 3.63) is 28.8 Å². The minimum Gasteiger partial charge on any atom is -0.465 e. The number of anilines is 1. The molecule has 4 aliphatic heterocycles. The first-order chi connectivity index (χ1) is 17.9. The second kappa shape index (κ2) is 9.19. The second-order valence-electron chi connectivity index (χ2n) is 10.2. The normalized spacial score (nSPS) is 26.8. The average Bonchev–Trinajstić information content (AvgIpc) is 2.84. The fourth-order valence-electron chi connectivity index (χ4n) is 6.18. The van der Waals surface area contributed by atoms with Gasteiger partial charge < -0.3 is 25.0 Å². The molecule has 5 rings (SSSR count). The molecule has 4 N–H and O–H groups in total. The van der Waals surface area contributed by atoms with Crippen LogP contribution in [0.3, 0.4) is 0 Å². The quantitative estimate of drug-likeness (QED) is 0.404. The smallest absolute Gasteiger partial charge is 0.407 e. The van der Waals surface area contributed by atoms with Crippen LogP contribution >= 0.6 is 0 Å². The molecule has 38 heavy (non-hydrogen) atoms. The molecule has 4 aliphatic rings. The summed E-state index contributed by atoms with van der Waals surface area (Å²) in [6.45, 7) is 3.72. The molecule has 1 aromatic rings. The van der Waals surface area contributed by atoms with Gasteiger partial charge in [0.15, 0.2) is 17.0 Å². The van der Waals surface area contributed by atoms with Crippen molar-refractivity contribution in [3.63, 3.8) is 0 Å². The number of barbiturate groups is 1. The van der Waals surface area contributed by atoms with Crippen LogP contribution < -0.4 is 20.9 Å². The number of rotatable bonds is 2. The highest BCUT2D eigenvalue weighted by Crippen LogP contribution is 2.48. The molecule has 0 saturated carbocycles. The first kappa shape index (κ1) is 25.8. The molecule has 1 aromatic carbocycles. The number of carboxylic acid groups (broad SMARTS) is 1. The number of nitrogens with zero attached hydrogens (tertiary/aromatic N) is 2. The summed E-state index contributed by atoms with van der Waals surface area (Å²) in [5.74, 6) is -5.35. The zero-order chi connectivity index (χ0) is 27.5. The maximum Gasteiger partial charge on any atom is 0.407 e. The number of morpholine rings is 1. The van der Waals surface area contributed by atoms with Crippen molar-refractivity contribution in [3.8, 4) is 0 Å². The third-order valence-electron chi connectivity index (χ3n) is 7.81. The van der Waals surface area contributed by atoms with Gasteiger partial charge in [-0.25, -0.2) is 18.4 Å². The van der Waals surface area contributed by atoms with Gasteiger partial charge in [-0.1, -0.05) is 0 Å². The lowest BCUT2D eigenvalue weighted by atomic mass is 9.66. The number of urea groups is 1. The predicted molar refractivity (Wildman–Crippen MR) is 125 cm³/mol. The van der Waals surface area contributed by atoms with Crippen LogP contribution in [0.4, 0.5) is 24.1 Å². The number of halogens is 2. The van der Waals surface area contributed by atoms with Crippen molar-refractivity contribution in [2.45, 2.75) is 57.4 Å². The Labute approximate surface area is 215 Å². The molecule has 3 atom stereocenters. The third-order valence-corrected chi connectivity index (χ3v) is 7.81. The topological polar surface area (TPSA) is 157 Å². The summed E-state index contributed by atoms with van der Waals surface area (Å²) in [6, 6.07) is -1.35. The van der Waals surface area contributed by atoms with Gasteiger partial charge in [0.25, 0.3) is 5.91 Å². The Kier molecular flexibility index (Phi) is 6.24.